The number of benzene rings is 2. The molecule has 0 saturated heterocycles. The fourth-order valence-electron chi connectivity index (χ4n) is 2.64. The van der Waals surface area contributed by atoms with Crippen LogP contribution >= 0.6 is 8.58 Å². The maximum absolute atomic E-state index is 12.7. The Morgan fingerprint density at radius 1 is 1.08 bits per heavy atom. The molecule has 2 rings (SSSR count). The average Bonchev–Trinajstić information content (AvgIpc) is 2.49. The second-order valence-electron chi connectivity index (χ2n) is 6.73. The Hall–Kier alpha value is -1.06. The van der Waals surface area contributed by atoms with E-state index in [1.807, 2.05) is 50.2 Å². The maximum Gasteiger partial charge on any atom is 1.00 e. The van der Waals surface area contributed by atoms with Crippen molar-refractivity contribution in [1.82, 2.24) is 0 Å². The molecule has 0 saturated carbocycles. The molecule has 0 bridgehead atoms. The maximum atomic E-state index is 12.7. The van der Waals surface area contributed by atoms with Crippen molar-refractivity contribution in [2.45, 2.75) is 41.0 Å². The molecule has 0 radical (unpaired) electrons. The SMILES string of the molecule is Cc1cc(OCCC(C)C)ccc1PC(=O)c1c(C)cccc1C.[H-].[Li+]. The number of hydrogen-bond acceptors (Lipinski definition) is 2. The zero-order chi connectivity index (χ0) is 17.7. The molecule has 1 atom stereocenters. The minimum Gasteiger partial charge on any atom is -1.00 e. The summed E-state index contributed by atoms with van der Waals surface area (Å²) in [7, 11) is 0.148. The van der Waals surface area contributed by atoms with Crippen molar-refractivity contribution in [3.63, 3.8) is 0 Å². The van der Waals surface area contributed by atoms with E-state index in [1.165, 1.54) is 0 Å². The molecular formula is C21H28LiO2P. The Balaban J connectivity index is 0.00000312. The molecule has 2 aromatic carbocycles. The Morgan fingerprint density at radius 2 is 1.72 bits per heavy atom. The van der Waals surface area contributed by atoms with E-state index in [2.05, 4.69) is 20.8 Å². The van der Waals surface area contributed by atoms with Crippen LogP contribution in [0, 0.1) is 26.7 Å². The van der Waals surface area contributed by atoms with Crippen LogP contribution in [-0.4, -0.2) is 12.1 Å². The van der Waals surface area contributed by atoms with Gasteiger partial charge in [-0.05, 0) is 75.8 Å². The summed E-state index contributed by atoms with van der Waals surface area (Å²) in [4.78, 5) is 12.7. The second-order valence-corrected chi connectivity index (χ2v) is 7.97. The number of ether oxygens (including phenoxy) is 1. The van der Waals surface area contributed by atoms with Gasteiger partial charge in [-0.15, -0.1) is 0 Å². The van der Waals surface area contributed by atoms with Crippen LogP contribution in [-0.2, 0) is 0 Å². The van der Waals surface area contributed by atoms with Gasteiger partial charge in [0.15, 0.2) is 5.52 Å². The van der Waals surface area contributed by atoms with Crippen LogP contribution in [0.5, 0.6) is 5.75 Å². The van der Waals surface area contributed by atoms with Gasteiger partial charge in [0.25, 0.3) is 0 Å². The summed E-state index contributed by atoms with van der Waals surface area (Å²) in [6.45, 7) is 11.2. The van der Waals surface area contributed by atoms with Gasteiger partial charge in [0.05, 0.1) is 6.61 Å². The molecule has 2 nitrogen and oxygen atoms in total. The molecular weight excluding hydrogens is 322 g/mol. The van der Waals surface area contributed by atoms with E-state index in [1.54, 1.807) is 0 Å². The fourth-order valence-corrected chi connectivity index (χ4v) is 3.84. The van der Waals surface area contributed by atoms with Crippen molar-refractivity contribution in [2.75, 3.05) is 6.61 Å². The number of aryl methyl sites for hydroxylation is 3. The second kappa shape index (κ2) is 10.2. The number of carbonyl (C=O) groups excluding carboxylic acids is 1. The predicted octanol–water partition coefficient (Wildman–Crippen LogP) is 2.30. The first-order valence-electron chi connectivity index (χ1n) is 8.49. The van der Waals surface area contributed by atoms with E-state index in [0.29, 0.717) is 5.92 Å². The Bertz CT molecular complexity index is 712. The molecule has 0 amide bonds. The molecule has 0 fully saturated rings. The fraction of sp³-hybridized carbons (Fsp3) is 0.381. The molecule has 0 heterocycles. The molecule has 4 heteroatoms. The quantitative estimate of drug-likeness (QED) is 0.566. The van der Waals surface area contributed by atoms with Gasteiger partial charge in [-0.3, -0.25) is 4.79 Å². The summed E-state index contributed by atoms with van der Waals surface area (Å²) in [6, 6.07) is 12.1. The zero-order valence-electron chi connectivity index (χ0n) is 17.3. The van der Waals surface area contributed by atoms with Crippen molar-refractivity contribution in [3.8, 4) is 5.75 Å². The van der Waals surface area contributed by atoms with Crippen molar-refractivity contribution in [1.29, 1.82) is 0 Å². The van der Waals surface area contributed by atoms with Gasteiger partial charge in [-0.1, -0.05) is 38.1 Å². The molecule has 0 aliphatic rings. The van der Waals surface area contributed by atoms with Crippen LogP contribution in [0.3, 0.4) is 0 Å². The van der Waals surface area contributed by atoms with Crippen molar-refractivity contribution in [2.24, 2.45) is 5.92 Å². The van der Waals surface area contributed by atoms with Crippen LogP contribution in [0.2, 0.25) is 0 Å². The third-order valence-corrected chi connectivity index (χ3v) is 5.43. The summed E-state index contributed by atoms with van der Waals surface area (Å²) < 4.78 is 5.80. The van der Waals surface area contributed by atoms with Crippen LogP contribution in [0.25, 0.3) is 0 Å². The molecule has 25 heavy (non-hydrogen) atoms. The van der Waals surface area contributed by atoms with E-state index in [9.17, 15) is 4.79 Å². The van der Waals surface area contributed by atoms with Crippen LogP contribution < -0.4 is 28.9 Å². The van der Waals surface area contributed by atoms with E-state index in [0.717, 1.165) is 46.3 Å². The summed E-state index contributed by atoms with van der Waals surface area (Å²) in [6.07, 6.45) is 1.05. The first-order chi connectivity index (χ1) is 11.4. The first kappa shape index (κ1) is 22.0. The van der Waals surface area contributed by atoms with Gasteiger partial charge >= 0.3 is 18.9 Å². The number of carbonyl (C=O) groups is 1. The third-order valence-electron chi connectivity index (χ3n) is 4.12. The van der Waals surface area contributed by atoms with E-state index in [4.69, 9.17) is 4.74 Å². The molecule has 0 aromatic heterocycles. The molecule has 0 aliphatic carbocycles. The average molecular weight is 350 g/mol. The minimum absolute atomic E-state index is 0. The summed E-state index contributed by atoms with van der Waals surface area (Å²) >= 11 is 0. The molecule has 1 unspecified atom stereocenters. The molecule has 0 aliphatic heterocycles. The Kier molecular flexibility index (Phi) is 8.95. The molecule has 2 aromatic rings. The van der Waals surface area contributed by atoms with Crippen molar-refractivity contribution < 1.29 is 29.8 Å². The van der Waals surface area contributed by atoms with E-state index < -0.39 is 0 Å². The van der Waals surface area contributed by atoms with Gasteiger partial charge in [0, 0.05) is 5.56 Å². The monoisotopic (exact) mass is 350 g/mol. The summed E-state index contributed by atoms with van der Waals surface area (Å²) in [5.41, 5.74) is 4.31. The third kappa shape index (κ3) is 6.30. The van der Waals surface area contributed by atoms with E-state index in [-0.39, 0.29) is 34.4 Å². The molecule has 0 N–H and O–H groups in total. The van der Waals surface area contributed by atoms with Crippen molar-refractivity contribution >= 4 is 19.4 Å². The van der Waals surface area contributed by atoms with Crippen LogP contribution in [0.15, 0.2) is 36.4 Å². The number of rotatable bonds is 7. The van der Waals surface area contributed by atoms with Gasteiger partial charge in [0.2, 0.25) is 0 Å². The molecule has 130 valence electrons. The van der Waals surface area contributed by atoms with Gasteiger partial charge in [-0.25, -0.2) is 0 Å². The van der Waals surface area contributed by atoms with Gasteiger partial charge in [-0.2, -0.15) is 0 Å². The predicted molar refractivity (Wildman–Crippen MR) is 105 cm³/mol. The standard InChI is InChI=1S/C21H27O2P.Li.H/c1-14(2)11-12-23-18-9-10-19(17(5)13-18)24-21(22)20-15(3)7-6-8-16(20)4;;/h6-10,13-14,24H,11-12H2,1-5H3;;/q;+1;-1. The number of hydrogen-bond donors (Lipinski definition) is 0. The summed E-state index contributed by atoms with van der Waals surface area (Å²) in [5, 5.41) is 1.10. The minimum atomic E-state index is 0. The van der Waals surface area contributed by atoms with Gasteiger partial charge in [0.1, 0.15) is 5.75 Å². The van der Waals surface area contributed by atoms with Crippen LogP contribution in [0.4, 0.5) is 0 Å². The normalized spacial score (nSPS) is 11.0. The summed E-state index contributed by atoms with van der Waals surface area (Å²) in [5.74, 6) is 1.53. The zero-order valence-corrected chi connectivity index (χ0v) is 17.3. The smallest absolute Gasteiger partial charge is 1.00 e. The van der Waals surface area contributed by atoms with Crippen molar-refractivity contribution in [3.05, 3.63) is 58.7 Å². The first-order valence-corrected chi connectivity index (χ1v) is 9.49. The van der Waals surface area contributed by atoms with Gasteiger partial charge < -0.3 is 6.16 Å². The van der Waals surface area contributed by atoms with E-state index >= 15 is 0 Å². The topological polar surface area (TPSA) is 26.3 Å². The molecule has 0 spiro atoms. The van der Waals surface area contributed by atoms with Crippen LogP contribution in [0.1, 0.15) is 48.7 Å². The Labute approximate surface area is 167 Å². The largest absolute Gasteiger partial charge is 1.00 e. The Morgan fingerprint density at radius 3 is 2.28 bits per heavy atom.